The largest absolute Gasteiger partial charge is 0.323 e. The summed E-state index contributed by atoms with van der Waals surface area (Å²) in [7, 11) is 0. The van der Waals surface area contributed by atoms with Gasteiger partial charge in [0.1, 0.15) is 6.54 Å². The van der Waals surface area contributed by atoms with E-state index in [1.165, 1.54) is 0 Å². The van der Waals surface area contributed by atoms with E-state index in [9.17, 15) is 14.4 Å². The van der Waals surface area contributed by atoms with Crippen LogP contribution in [0.25, 0.3) is 0 Å². The van der Waals surface area contributed by atoms with Crippen molar-refractivity contribution in [2.75, 3.05) is 11.9 Å². The van der Waals surface area contributed by atoms with Crippen LogP contribution in [0.15, 0.2) is 30.4 Å². The van der Waals surface area contributed by atoms with Gasteiger partial charge in [0.25, 0.3) is 0 Å². The summed E-state index contributed by atoms with van der Waals surface area (Å²) in [4.78, 5) is 37.9. The van der Waals surface area contributed by atoms with Crippen LogP contribution in [0, 0.1) is 18.8 Å². The molecule has 2 atom stereocenters. The SMILES string of the molecule is Cc1ccc(NC(=O)CN2C(=O)C3CC=CCC3C2=O)c(Cl)c1. The van der Waals surface area contributed by atoms with Gasteiger partial charge in [0.15, 0.2) is 0 Å². The first kappa shape index (κ1) is 15.7. The van der Waals surface area contributed by atoms with Crippen LogP contribution < -0.4 is 5.32 Å². The Balaban J connectivity index is 1.68. The molecule has 0 aromatic heterocycles. The van der Waals surface area contributed by atoms with Crippen molar-refractivity contribution in [3.05, 3.63) is 40.9 Å². The first-order chi connectivity index (χ1) is 11.0. The molecule has 3 rings (SSSR count). The highest BCUT2D eigenvalue weighted by molar-refractivity contribution is 6.33. The Morgan fingerprint density at radius 2 is 1.83 bits per heavy atom. The molecule has 1 heterocycles. The minimum Gasteiger partial charge on any atom is -0.323 e. The van der Waals surface area contributed by atoms with Crippen LogP contribution in [0.2, 0.25) is 5.02 Å². The van der Waals surface area contributed by atoms with Gasteiger partial charge in [0, 0.05) is 0 Å². The van der Waals surface area contributed by atoms with E-state index >= 15 is 0 Å². The van der Waals surface area contributed by atoms with Crippen LogP contribution in [0.5, 0.6) is 0 Å². The molecule has 1 N–H and O–H groups in total. The molecule has 1 aromatic carbocycles. The number of nitrogens with zero attached hydrogens (tertiary/aromatic N) is 1. The number of amides is 3. The van der Waals surface area contributed by atoms with Gasteiger partial charge in [0.2, 0.25) is 17.7 Å². The summed E-state index contributed by atoms with van der Waals surface area (Å²) in [6.07, 6.45) is 4.97. The van der Waals surface area contributed by atoms with Crippen molar-refractivity contribution in [3.8, 4) is 0 Å². The van der Waals surface area contributed by atoms with Crippen molar-refractivity contribution in [1.82, 2.24) is 4.90 Å². The lowest BCUT2D eigenvalue weighted by Crippen LogP contribution is -2.38. The molecular weight excluding hydrogens is 316 g/mol. The molecule has 3 amide bonds. The fraction of sp³-hybridized carbons (Fsp3) is 0.353. The number of imide groups is 1. The molecule has 1 fully saturated rings. The number of anilines is 1. The Labute approximate surface area is 139 Å². The van der Waals surface area contributed by atoms with Gasteiger partial charge in [0.05, 0.1) is 22.5 Å². The zero-order valence-electron chi connectivity index (χ0n) is 12.7. The Bertz CT molecular complexity index is 688. The molecule has 6 heteroatoms. The quantitative estimate of drug-likeness (QED) is 0.683. The number of carbonyl (C=O) groups excluding carboxylic acids is 3. The molecule has 1 saturated heterocycles. The Morgan fingerprint density at radius 1 is 1.22 bits per heavy atom. The lowest BCUT2D eigenvalue weighted by Gasteiger charge is -2.15. The Hall–Kier alpha value is -2.14. The molecular formula is C17H17ClN2O3. The molecule has 23 heavy (non-hydrogen) atoms. The van der Waals surface area contributed by atoms with E-state index in [2.05, 4.69) is 5.32 Å². The smallest absolute Gasteiger partial charge is 0.244 e. The van der Waals surface area contributed by atoms with Crippen LogP contribution in [-0.2, 0) is 14.4 Å². The number of fused-ring (bicyclic) bond motifs is 1. The summed E-state index contributed by atoms with van der Waals surface area (Å²) < 4.78 is 0. The van der Waals surface area contributed by atoms with Crippen molar-refractivity contribution in [3.63, 3.8) is 0 Å². The van der Waals surface area contributed by atoms with E-state index in [1.54, 1.807) is 12.1 Å². The van der Waals surface area contributed by atoms with Crippen molar-refractivity contribution in [2.45, 2.75) is 19.8 Å². The number of halogens is 1. The predicted octanol–water partition coefficient (Wildman–Crippen LogP) is 2.54. The second-order valence-corrected chi connectivity index (χ2v) is 6.36. The lowest BCUT2D eigenvalue weighted by atomic mass is 9.85. The normalized spacial score (nSPS) is 23.1. The van der Waals surface area contributed by atoms with Crippen molar-refractivity contribution in [2.24, 2.45) is 11.8 Å². The second-order valence-electron chi connectivity index (χ2n) is 5.95. The van der Waals surface area contributed by atoms with E-state index in [4.69, 9.17) is 11.6 Å². The number of nitrogens with one attached hydrogen (secondary N) is 1. The number of hydrogen-bond acceptors (Lipinski definition) is 3. The topological polar surface area (TPSA) is 66.5 Å². The lowest BCUT2D eigenvalue weighted by molar-refractivity contribution is -0.142. The minimum atomic E-state index is -0.427. The van der Waals surface area contributed by atoms with Crippen LogP contribution in [0.4, 0.5) is 5.69 Å². The van der Waals surface area contributed by atoms with Gasteiger partial charge in [-0.3, -0.25) is 19.3 Å². The van der Waals surface area contributed by atoms with Crippen molar-refractivity contribution < 1.29 is 14.4 Å². The second kappa shape index (κ2) is 6.16. The predicted molar refractivity (Wildman–Crippen MR) is 86.9 cm³/mol. The molecule has 0 radical (unpaired) electrons. The van der Waals surface area contributed by atoms with E-state index < -0.39 is 5.91 Å². The first-order valence-electron chi connectivity index (χ1n) is 7.53. The third kappa shape index (κ3) is 3.01. The third-order valence-corrected chi connectivity index (χ3v) is 4.61. The summed E-state index contributed by atoms with van der Waals surface area (Å²) in [6, 6.07) is 5.27. The summed E-state index contributed by atoms with van der Waals surface area (Å²) in [5.74, 6) is -1.57. The number of allylic oxidation sites excluding steroid dienone is 2. The van der Waals surface area contributed by atoms with Crippen molar-refractivity contribution >= 4 is 35.0 Å². The highest BCUT2D eigenvalue weighted by atomic mass is 35.5. The Morgan fingerprint density at radius 3 is 2.39 bits per heavy atom. The van der Waals surface area contributed by atoms with Crippen LogP contribution in [0.1, 0.15) is 18.4 Å². The van der Waals surface area contributed by atoms with Gasteiger partial charge in [-0.2, -0.15) is 0 Å². The fourth-order valence-electron chi connectivity index (χ4n) is 3.08. The molecule has 1 aliphatic carbocycles. The van der Waals surface area contributed by atoms with Gasteiger partial charge in [-0.25, -0.2) is 0 Å². The highest BCUT2D eigenvalue weighted by Gasteiger charge is 2.47. The number of carbonyl (C=O) groups is 3. The molecule has 5 nitrogen and oxygen atoms in total. The number of hydrogen-bond donors (Lipinski definition) is 1. The maximum atomic E-state index is 12.3. The molecule has 120 valence electrons. The van der Waals surface area contributed by atoms with E-state index in [1.807, 2.05) is 25.1 Å². The summed E-state index contributed by atoms with van der Waals surface area (Å²) in [6.45, 7) is 1.63. The van der Waals surface area contributed by atoms with Crippen LogP contribution in [-0.4, -0.2) is 29.2 Å². The first-order valence-corrected chi connectivity index (χ1v) is 7.91. The third-order valence-electron chi connectivity index (χ3n) is 4.30. The summed E-state index contributed by atoms with van der Waals surface area (Å²) >= 11 is 6.08. The maximum absolute atomic E-state index is 12.3. The molecule has 1 aliphatic heterocycles. The van der Waals surface area contributed by atoms with E-state index in [-0.39, 0.29) is 30.2 Å². The molecule has 2 unspecified atom stereocenters. The zero-order chi connectivity index (χ0) is 16.6. The maximum Gasteiger partial charge on any atom is 0.244 e. The van der Waals surface area contributed by atoms with E-state index in [0.717, 1.165) is 10.5 Å². The average Bonchev–Trinajstić information content (AvgIpc) is 2.76. The standard InChI is InChI=1S/C17H17ClN2O3/c1-10-6-7-14(13(18)8-10)19-15(21)9-20-16(22)11-4-2-3-5-12(11)17(20)23/h2-3,6-8,11-12H,4-5,9H2,1H3,(H,19,21). The van der Waals surface area contributed by atoms with Gasteiger partial charge in [-0.1, -0.05) is 29.8 Å². The highest BCUT2D eigenvalue weighted by Crippen LogP contribution is 2.35. The Kier molecular flexibility index (Phi) is 4.22. The minimum absolute atomic E-state index is 0.255. The van der Waals surface area contributed by atoms with Gasteiger partial charge in [-0.15, -0.1) is 0 Å². The summed E-state index contributed by atoms with van der Waals surface area (Å²) in [5, 5.41) is 3.08. The van der Waals surface area contributed by atoms with E-state index in [0.29, 0.717) is 23.6 Å². The molecule has 1 aromatic rings. The number of benzene rings is 1. The fourth-order valence-corrected chi connectivity index (χ4v) is 3.36. The molecule has 2 aliphatic rings. The molecule has 0 saturated carbocycles. The van der Waals surface area contributed by atoms with Gasteiger partial charge in [-0.05, 0) is 37.5 Å². The molecule has 0 bridgehead atoms. The van der Waals surface area contributed by atoms with Gasteiger partial charge < -0.3 is 5.32 Å². The number of aryl methyl sites for hydroxylation is 1. The van der Waals surface area contributed by atoms with Gasteiger partial charge >= 0.3 is 0 Å². The molecule has 0 spiro atoms. The summed E-state index contributed by atoms with van der Waals surface area (Å²) in [5.41, 5.74) is 1.45. The zero-order valence-corrected chi connectivity index (χ0v) is 13.5. The van der Waals surface area contributed by atoms with Crippen molar-refractivity contribution in [1.29, 1.82) is 0 Å². The number of rotatable bonds is 3. The average molecular weight is 333 g/mol. The van der Waals surface area contributed by atoms with Crippen LogP contribution >= 0.6 is 11.6 Å². The monoisotopic (exact) mass is 332 g/mol. The van der Waals surface area contributed by atoms with Crippen LogP contribution in [0.3, 0.4) is 0 Å². The number of likely N-dealkylation sites (tertiary alicyclic amines) is 1.